The van der Waals surface area contributed by atoms with E-state index in [1.807, 2.05) is 48.5 Å². The number of carbonyl (C=O) groups is 1. The number of benzene rings is 3. The first kappa shape index (κ1) is 17.6. The van der Waals surface area contributed by atoms with Crippen LogP contribution in [0.4, 0.5) is 11.4 Å². The number of nitrogens with one attached hydrogen (secondary N) is 1. The number of rotatable bonds is 4. The Morgan fingerprint density at radius 2 is 1.66 bits per heavy atom. The Morgan fingerprint density at radius 3 is 2.45 bits per heavy atom. The molecule has 2 aliphatic heterocycles. The van der Waals surface area contributed by atoms with Crippen molar-refractivity contribution in [1.29, 1.82) is 0 Å². The molecule has 3 aromatic carbocycles. The van der Waals surface area contributed by atoms with E-state index in [1.54, 1.807) is 17.1 Å². The molecule has 0 saturated carbocycles. The number of hydrogen-bond acceptors (Lipinski definition) is 4. The second-order valence-electron chi connectivity index (χ2n) is 7.63. The first-order chi connectivity index (χ1) is 14.2. The molecule has 3 aromatic rings. The summed E-state index contributed by atoms with van der Waals surface area (Å²) in [6.45, 7) is 0. The molecular formula is C24H23N3O2. The van der Waals surface area contributed by atoms with Gasteiger partial charge in [-0.3, -0.25) is 10.2 Å². The largest absolute Gasteiger partial charge is 0.508 e. The van der Waals surface area contributed by atoms with Crippen molar-refractivity contribution < 1.29 is 9.90 Å². The van der Waals surface area contributed by atoms with E-state index < -0.39 is 0 Å². The van der Waals surface area contributed by atoms with Gasteiger partial charge in [-0.25, -0.2) is 5.01 Å². The maximum Gasteiger partial charge on any atom is 0.265 e. The molecule has 0 radical (unpaired) electrons. The highest BCUT2D eigenvalue weighted by atomic mass is 16.3. The molecule has 0 aliphatic carbocycles. The van der Waals surface area contributed by atoms with Crippen molar-refractivity contribution in [3.63, 3.8) is 0 Å². The minimum Gasteiger partial charge on any atom is -0.508 e. The average Bonchev–Trinajstić information content (AvgIpc) is 3.02. The Kier molecular flexibility index (Phi) is 4.35. The van der Waals surface area contributed by atoms with Crippen molar-refractivity contribution >= 4 is 17.3 Å². The van der Waals surface area contributed by atoms with E-state index in [1.165, 1.54) is 5.56 Å². The summed E-state index contributed by atoms with van der Waals surface area (Å²) in [5, 5.41) is 11.4. The predicted octanol–water partition coefficient (Wildman–Crippen LogP) is 3.95. The molecule has 0 spiro atoms. The van der Waals surface area contributed by atoms with E-state index in [-0.39, 0.29) is 23.9 Å². The van der Waals surface area contributed by atoms with Crippen LogP contribution in [0.1, 0.15) is 17.5 Å². The molecule has 1 saturated heterocycles. The Hall–Kier alpha value is -3.47. The lowest BCUT2D eigenvalue weighted by molar-refractivity contribution is -0.128. The summed E-state index contributed by atoms with van der Waals surface area (Å²) in [6, 6.07) is 25.3. The lowest BCUT2D eigenvalue weighted by atomic mass is 9.96. The van der Waals surface area contributed by atoms with Crippen molar-refractivity contribution in [2.75, 3.05) is 10.3 Å². The van der Waals surface area contributed by atoms with Crippen LogP contribution in [0.25, 0.3) is 0 Å². The standard InChI is InChI=1S/C24H23N3O2/c28-20-13-10-17(11-14-20)16-23-26-21-9-5-4-6-18(21)12-15-22(26)24(29)27(23)25-19-7-2-1-3-8-19/h1-11,13-14,22-23,25,28H,12,15-16H2/t22-,23+/m0/s1. The van der Waals surface area contributed by atoms with E-state index in [4.69, 9.17) is 0 Å². The number of hydrazine groups is 1. The van der Waals surface area contributed by atoms with Gasteiger partial charge in [-0.05, 0) is 54.3 Å². The fraction of sp³-hybridized carbons (Fsp3) is 0.208. The number of hydrogen-bond donors (Lipinski definition) is 2. The molecule has 2 N–H and O–H groups in total. The normalized spacial score (nSPS) is 20.3. The molecule has 5 nitrogen and oxygen atoms in total. The molecule has 0 aromatic heterocycles. The van der Waals surface area contributed by atoms with Gasteiger partial charge >= 0.3 is 0 Å². The number of carbonyl (C=O) groups excluding carboxylic acids is 1. The lowest BCUT2D eigenvalue weighted by Gasteiger charge is -2.37. The third-order valence-corrected chi connectivity index (χ3v) is 5.81. The number of anilines is 2. The fourth-order valence-electron chi connectivity index (χ4n) is 4.43. The van der Waals surface area contributed by atoms with Gasteiger partial charge in [0.2, 0.25) is 0 Å². The highest BCUT2D eigenvalue weighted by molar-refractivity contribution is 5.91. The van der Waals surface area contributed by atoms with E-state index in [2.05, 4.69) is 28.5 Å². The number of phenolic OH excluding ortho intramolecular Hbond substituents is 1. The molecule has 1 fully saturated rings. The summed E-state index contributed by atoms with van der Waals surface area (Å²) in [4.78, 5) is 15.7. The summed E-state index contributed by atoms with van der Waals surface area (Å²) < 4.78 is 0. The van der Waals surface area contributed by atoms with Crippen LogP contribution in [0.2, 0.25) is 0 Å². The monoisotopic (exact) mass is 385 g/mol. The second-order valence-corrected chi connectivity index (χ2v) is 7.63. The van der Waals surface area contributed by atoms with E-state index in [0.717, 1.165) is 29.8 Å². The minimum absolute atomic E-state index is 0.104. The Morgan fingerprint density at radius 1 is 0.931 bits per heavy atom. The summed E-state index contributed by atoms with van der Waals surface area (Å²) in [5.74, 6) is 0.351. The van der Waals surface area contributed by atoms with Crippen molar-refractivity contribution in [3.05, 3.63) is 90.0 Å². The maximum absolute atomic E-state index is 13.4. The number of phenols is 1. The third kappa shape index (κ3) is 3.18. The summed E-state index contributed by atoms with van der Waals surface area (Å²) in [5.41, 5.74) is 7.74. The number of para-hydroxylation sites is 2. The molecule has 5 heteroatoms. The van der Waals surface area contributed by atoms with Crippen LogP contribution in [-0.4, -0.2) is 28.2 Å². The van der Waals surface area contributed by atoms with Crippen LogP contribution in [0.3, 0.4) is 0 Å². The van der Waals surface area contributed by atoms with Gasteiger partial charge in [0, 0.05) is 12.1 Å². The molecule has 2 atom stereocenters. The predicted molar refractivity (Wildman–Crippen MR) is 114 cm³/mol. The first-order valence-corrected chi connectivity index (χ1v) is 9.99. The second kappa shape index (κ2) is 7.17. The van der Waals surface area contributed by atoms with Crippen molar-refractivity contribution in [2.24, 2.45) is 0 Å². The zero-order chi connectivity index (χ0) is 19.8. The lowest BCUT2D eigenvalue weighted by Crippen LogP contribution is -2.46. The zero-order valence-electron chi connectivity index (χ0n) is 16.0. The molecule has 2 aliphatic rings. The van der Waals surface area contributed by atoms with Crippen LogP contribution in [-0.2, 0) is 17.6 Å². The van der Waals surface area contributed by atoms with Gasteiger partial charge in [-0.2, -0.15) is 0 Å². The molecule has 2 heterocycles. The molecule has 146 valence electrons. The van der Waals surface area contributed by atoms with Gasteiger partial charge in [-0.15, -0.1) is 0 Å². The highest BCUT2D eigenvalue weighted by Gasteiger charge is 2.48. The third-order valence-electron chi connectivity index (χ3n) is 5.81. The highest BCUT2D eigenvalue weighted by Crippen LogP contribution is 2.39. The van der Waals surface area contributed by atoms with Gasteiger partial charge in [0.05, 0.1) is 5.69 Å². The van der Waals surface area contributed by atoms with Crippen molar-refractivity contribution in [3.8, 4) is 5.75 Å². The molecule has 5 rings (SSSR count). The Labute approximate surface area is 170 Å². The van der Waals surface area contributed by atoms with Crippen LogP contribution in [0, 0.1) is 0 Å². The maximum atomic E-state index is 13.4. The summed E-state index contributed by atoms with van der Waals surface area (Å²) >= 11 is 0. The van der Waals surface area contributed by atoms with E-state index >= 15 is 0 Å². The van der Waals surface area contributed by atoms with Crippen LogP contribution in [0.15, 0.2) is 78.9 Å². The molecule has 0 bridgehead atoms. The molecule has 1 amide bonds. The van der Waals surface area contributed by atoms with Crippen LogP contribution in [0.5, 0.6) is 5.75 Å². The minimum atomic E-state index is -0.164. The fourth-order valence-corrected chi connectivity index (χ4v) is 4.43. The van der Waals surface area contributed by atoms with Crippen LogP contribution >= 0.6 is 0 Å². The average molecular weight is 385 g/mol. The van der Waals surface area contributed by atoms with Crippen molar-refractivity contribution in [1.82, 2.24) is 5.01 Å². The Balaban J connectivity index is 1.54. The van der Waals surface area contributed by atoms with Crippen LogP contribution < -0.4 is 10.3 Å². The quantitative estimate of drug-likeness (QED) is 0.714. The smallest absolute Gasteiger partial charge is 0.265 e. The number of nitrogens with zero attached hydrogens (tertiary/aromatic N) is 2. The number of aromatic hydroxyl groups is 1. The Bertz CT molecular complexity index is 1020. The SMILES string of the molecule is O=C1[C@@H]2CCc3ccccc3N2[C@@H](Cc2ccc(O)cc2)N1Nc1ccccc1. The van der Waals surface area contributed by atoms with Gasteiger partial charge < -0.3 is 10.0 Å². The molecule has 0 unspecified atom stereocenters. The van der Waals surface area contributed by atoms with Gasteiger partial charge in [0.1, 0.15) is 18.0 Å². The number of amides is 1. The molecular weight excluding hydrogens is 362 g/mol. The van der Waals surface area contributed by atoms with Crippen molar-refractivity contribution in [2.45, 2.75) is 31.5 Å². The zero-order valence-corrected chi connectivity index (χ0v) is 16.0. The topological polar surface area (TPSA) is 55.8 Å². The van der Waals surface area contributed by atoms with E-state index in [0.29, 0.717) is 6.42 Å². The summed E-state index contributed by atoms with van der Waals surface area (Å²) in [7, 11) is 0. The number of fused-ring (bicyclic) bond motifs is 3. The van der Waals surface area contributed by atoms with E-state index in [9.17, 15) is 9.90 Å². The number of aryl methyl sites for hydroxylation is 1. The molecule has 29 heavy (non-hydrogen) atoms. The summed E-state index contributed by atoms with van der Waals surface area (Å²) in [6.07, 6.45) is 2.23. The first-order valence-electron chi connectivity index (χ1n) is 9.99. The van der Waals surface area contributed by atoms with Gasteiger partial charge in [0.15, 0.2) is 0 Å². The van der Waals surface area contributed by atoms with Gasteiger partial charge in [0.25, 0.3) is 5.91 Å². The van der Waals surface area contributed by atoms with Gasteiger partial charge in [-0.1, -0.05) is 48.5 Å².